The van der Waals surface area contributed by atoms with E-state index < -0.39 is 0 Å². The summed E-state index contributed by atoms with van der Waals surface area (Å²) in [6.45, 7) is 1.82. The summed E-state index contributed by atoms with van der Waals surface area (Å²) in [4.78, 5) is 0. The van der Waals surface area contributed by atoms with E-state index in [1.807, 2.05) is 6.92 Å². The normalized spacial score (nSPS) is 7.00. The van der Waals surface area contributed by atoms with Crippen molar-refractivity contribution in [1.82, 2.24) is 0 Å². The Hall–Kier alpha value is 0.696. The van der Waals surface area contributed by atoms with Crippen molar-refractivity contribution >= 4 is 23.1 Å². The fourth-order valence-electron chi connectivity index (χ4n) is 0.134. The van der Waals surface area contributed by atoms with Crippen molar-refractivity contribution in [3.8, 4) is 0 Å². The Morgan fingerprint density at radius 1 is 1.50 bits per heavy atom. The van der Waals surface area contributed by atoms with Gasteiger partial charge in [-0.05, 0) is 6.42 Å². The van der Waals surface area contributed by atoms with Crippen molar-refractivity contribution in [3.63, 3.8) is 0 Å². The molecular formula is C4H11FMg. The first-order valence-electron chi connectivity index (χ1n) is 1.97. The van der Waals surface area contributed by atoms with Crippen LogP contribution in [-0.4, -0.2) is 29.7 Å². The minimum Gasteiger partial charge on any atom is -0.251 e. The number of halogens is 1. The molecule has 0 N–H and O–H groups in total. The molecule has 6 heavy (non-hydrogen) atoms. The number of hydrogen-bond donors (Lipinski definition) is 0. The molecule has 0 rings (SSSR count). The Balaban J connectivity index is 0. The summed E-state index contributed by atoms with van der Waals surface area (Å²) in [7, 11) is 0. The van der Waals surface area contributed by atoms with Gasteiger partial charge in [0.2, 0.25) is 0 Å². The molecule has 0 bridgehead atoms. The fraction of sp³-hybridized carbons (Fsp3) is 1.00. The van der Waals surface area contributed by atoms with Crippen LogP contribution in [0, 0.1) is 0 Å². The first-order chi connectivity index (χ1) is 2.41. The highest BCUT2D eigenvalue weighted by Gasteiger charge is 1.71. The topological polar surface area (TPSA) is 0 Å². The third-order valence-electron chi connectivity index (χ3n) is 0.487. The molecule has 0 unspecified atom stereocenters. The van der Waals surface area contributed by atoms with Gasteiger partial charge in [-0.3, -0.25) is 4.39 Å². The van der Waals surface area contributed by atoms with Crippen molar-refractivity contribution in [3.05, 3.63) is 0 Å². The van der Waals surface area contributed by atoms with Crippen LogP contribution < -0.4 is 0 Å². The molecule has 2 heteroatoms. The Labute approximate surface area is 54.3 Å². The van der Waals surface area contributed by atoms with Crippen LogP contribution in [0.4, 0.5) is 4.39 Å². The van der Waals surface area contributed by atoms with Gasteiger partial charge in [0.15, 0.2) is 0 Å². The van der Waals surface area contributed by atoms with Crippen molar-refractivity contribution in [2.75, 3.05) is 6.67 Å². The molecule has 0 aliphatic heterocycles. The number of alkyl halides is 1. The molecular weight excluding hydrogens is 91.3 g/mol. The van der Waals surface area contributed by atoms with Crippen LogP contribution in [0.15, 0.2) is 0 Å². The minimum atomic E-state index is -0.156. The van der Waals surface area contributed by atoms with E-state index in [2.05, 4.69) is 0 Å². The highest BCUT2D eigenvalue weighted by molar-refractivity contribution is 5.75. The molecule has 0 atom stereocenters. The van der Waals surface area contributed by atoms with Gasteiger partial charge in [0.25, 0.3) is 0 Å². The fourth-order valence-corrected chi connectivity index (χ4v) is 0.134. The lowest BCUT2D eigenvalue weighted by Crippen LogP contribution is -1.67. The van der Waals surface area contributed by atoms with E-state index in [1.54, 1.807) is 0 Å². The summed E-state index contributed by atoms with van der Waals surface area (Å²) in [6.07, 6.45) is 1.69. The summed E-state index contributed by atoms with van der Waals surface area (Å²) >= 11 is 0. The van der Waals surface area contributed by atoms with E-state index in [4.69, 9.17) is 0 Å². The van der Waals surface area contributed by atoms with E-state index in [1.165, 1.54) is 0 Å². The van der Waals surface area contributed by atoms with E-state index in [0.29, 0.717) is 0 Å². The van der Waals surface area contributed by atoms with Crippen molar-refractivity contribution in [1.29, 1.82) is 0 Å². The maximum absolute atomic E-state index is 11.0. The van der Waals surface area contributed by atoms with Gasteiger partial charge in [0.1, 0.15) is 0 Å². The van der Waals surface area contributed by atoms with Crippen LogP contribution in [0.5, 0.6) is 0 Å². The van der Waals surface area contributed by atoms with Gasteiger partial charge in [-0.1, -0.05) is 13.3 Å². The molecule has 36 valence electrons. The van der Waals surface area contributed by atoms with Crippen LogP contribution in [0.3, 0.4) is 0 Å². The smallest absolute Gasteiger partial charge is 0.251 e. The molecule has 0 fully saturated rings. The van der Waals surface area contributed by atoms with Gasteiger partial charge in [0, 0.05) is 0 Å². The zero-order valence-electron chi connectivity index (χ0n) is 3.50. The maximum atomic E-state index is 11.0. The highest BCUT2D eigenvalue weighted by atomic mass is 24.3. The standard InChI is InChI=1S/C4H9F.Mg.2H/c1-2-3-4-5;;;/h2-4H2,1H3;;;. The van der Waals surface area contributed by atoms with Crippen LogP contribution in [0.1, 0.15) is 19.8 Å². The lowest BCUT2D eigenvalue weighted by Gasteiger charge is -1.76. The average Bonchev–Trinajstić information content (AvgIpc) is 1.41. The molecule has 0 aromatic heterocycles. The van der Waals surface area contributed by atoms with Crippen LogP contribution in [0.2, 0.25) is 0 Å². The third-order valence-corrected chi connectivity index (χ3v) is 0.487. The predicted octanol–water partition coefficient (Wildman–Crippen LogP) is 0.840. The molecule has 0 nitrogen and oxygen atoms in total. The van der Waals surface area contributed by atoms with Gasteiger partial charge in [-0.25, -0.2) is 0 Å². The van der Waals surface area contributed by atoms with Gasteiger partial charge >= 0.3 is 23.1 Å². The Morgan fingerprint density at radius 3 is 2.00 bits per heavy atom. The van der Waals surface area contributed by atoms with Crippen LogP contribution >= 0.6 is 0 Å². The number of unbranched alkanes of at least 4 members (excludes halogenated alkanes) is 1. The van der Waals surface area contributed by atoms with Gasteiger partial charge in [-0.2, -0.15) is 0 Å². The summed E-state index contributed by atoms with van der Waals surface area (Å²) in [5.74, 6) is 0. The molecule has 0 saturated carbocycles. The lowest BCUT2D eigenvalue weighted by molar-refractivity contribution is 0.469. The van der Waals surface area contributed by atoms with Crippen molar-refractivity contribution < 1.29 is 4.39 Å². The summed E-state index contributed by atoms with van der Waals surface area (Å²) in [6, 6.07) is 0. The Morgan fingerprint density at radius 2 is 2.00 bits per heavy atom. The minimum absolute atomic E-state index is 0. The molecule has 0 spiro atoms. The van der Waals surface area contributed by atoms with E-state index >= 15 is 0 Å². The molecule has 0 aromatic carbocycles. The summed E-state index contributed by atoms with van der Waals surface area (Å²) in [5, 5.41) is 0. The summed E-state index contributed by atoms with van der Waals surface area (Å²) < 4.78 is 11.0. The first kappa shape index (κ1) is 9.85. The summed E-state index contributed by atoms with van der Waals surface area (Å²) in [5.41, 5.74) is 0. The van der Waals surface area contributed by atoms with Gasteiger partial charge < -0.3 is 0 Å². The van der Waals surface area contributed by atoms with E-state index in [9.17, 15) is 4.39 Å². The second-order valence-corrected chi connectivity index (χ2v) is 1.04. The highest BCUT2D eigenvalue weighted by Crippen LogP contribution is 1.83. The van der Waals surface area contributed by atoms with Crippen LogP contribution in [0.25, 0.3) is 0 Å². The van der Waals surface area contributed by atoms with Gasteiger partial charge in [-0.15, -0.1) is 0 Å². The van der Waals surface area contributed by atoms with Crippen LogP contribution in [-0.2, 0) is 0 Å². The quantitative estimate of drug-likeness (QED) is 0.453. The van der Waals surface area contributed by atoms with Gasteiger partial charge in [0.05, 0.1) is 6.67 Å². The number of rotatable bonds is 2. The molecule has 0 aromatic rings. The Bertz CT molecular complexity index is 15.0. The molecule has 0 amide bonds. The zero-order chi connectivity index (χ0) is 4.12. The molecule has 0 aliphatic carbocycles. The third kappa shape index (κ3) is 8.83. The molecule has 0 heterocycles. The Kier molecular flexibility index (Phi) is 15.1. The predicted molar refractivity (Wildman–Crippen MR) is 29.4 cm³/mol. The second-order valence-electron chi connectivity index (χ2n) is 1.04. The first-order valence-corrected chi connectivity index (χ1v) is 1.97. The second kappa shape index (κ2) is 9.20. The zero-order valence-corrected chi connectivity index (χ0v) is 3.50. The molecule has 0 radical (unpaired) electrons. The van der Waals surface area contributed by atoms with E-state index in [0.717, 1.165) is 12.8 Å². The monoisotopic (exact) mass is 102 g/mol. The van der Waals surface area contributed by atoms with Crippen molar-refractivity contribution in [2.24, 2.45) is 0 Å². The molecule has 0 saturated heterocycles. The maximum Gasteiger partial charge on any atom is 0.316 e. The van der Waals surface area contributed by atoms with E-state index in [-0.39, 0.29) is 29.7 Å². The number of hydrogen-bond acceptors (Lipinski definition) is 0. The SMILES string of the molecule is CCCCF.[MgH2]. The largest absolute Gasteiger partial charge is 0.316 e. The molecule has 0 aliphatic rings. The average molecular weight is 102 g/mol. The van der Waals surface area contributed by atoms with Crippen molar-refractivity contribution in [2.45, 2.75) is 19.8 Å². The lowest BCUT2D eigenvalue weighted by atomic mass is 10.4.